The summed E-state index contributed by atoms with van der Waals surface area (Å²) in [7, 11) is 0. The Bertz CT molecular complexity index is 308. The molecule has 2 rings (SSSR count). The molecule has 116 valence electrons. The molecule has 6 nitrogen and oxygen atoms in total. The fourth-order valence-electron chi connectivity index (χ4n) is 2.49. The topological polar surface area (TPSA) is 83.1 Å². The fraction of sp³-hybridized carbons (Fsp3) is 0.929. The van der Waals surface area contributed by atoms with Crippen LogP contribution in [0, 0.1) is 0 Å². The zero-order chi connectivity index (χ0) is 14.3. The van der Waals surface area contributed by atoms with Crippen molar-refractivity contribution in [1.29, 1.82) is 0 Å². The van der Waals surface area contributed by atoms with E-state index in [-0.39, 0.29) is 24.3 Å². The van der Waals surface area contributed by atoms with Crippen LogP contribution < -0.4 is 10.8 Å². The van der Waals surface area contributed by atoms with Crippen molar-refractivity contribution in [3.63, 3.8) is 0 Å². The number of hydrogen-bond donors (Lipinski definition) is 3. The summed E-state index contributed by atoms with van der Waals surface area (Å²) in [5.74, 6) is 0.0448. The SMILES string of the molecule is O=C(CCCCCCCCC1ONC12CO2)NCCO. The highest BCUT2D eigenvalue weighted by Crippen LogP contribution is 2.38. The highest BCUT2D eigenvalue weighted by Gasteiger charge is 2.60. The monoisotopic (exact) mass is 286 g/mol. The van der Waals surface area contributed by atoms with Crippen LogP contribution in [-0.4, -0.2) is 42.6 Å². The molecule has 2 heterocycles. The molecular weight excluding hydrogens is 260 g/mol. The van der Waals surface area contributed by atoms with Crippen LogP contribution in [0.25, 0.3) is 0 Å². The van der Waals surface area contributed by atoms with Crippen LogP contribution in [0.3, 0.4) is 0 Å². The number of aliphatic hydroxyl groups excluding tert-OH is 1. The van der Waals surface area contributed by atoms with E-state index in [9.17, 15) is 4.79 Å². The third kappa shape index (κ3) is 4.70. The van der Waals surface area contributed by atoms with E-state index in [1.807, 2.05) is 0 Å². The maximum absolute atomic E-state index is 11.3. The van der Waals surface area contributed by atoms with Gasteiger partial charge in [0.25, 0.3) is 0 Å². The van der Waals surface area contributed by atoms with Crippen LogP contribution in [-0.2, 0) is 14.4 Å². The van der Waals surface area contributed by atoms with Gasteiger partial charge in [-0.25, -0.2) is 0 Å². The molecule has 0 aliphatic carbocycles. The number of amides is 1. The number of ether oxygens (including phenoxy) is 1. The zero-order valence-corrected chi connectivity index (χ0v) is 12.0. The van der Waals surface area contributed by atoms with E-state index in [2.05, 4.69) is 10.8 Å². The van der Waals surface area contributed by atoms with E-state index in [0.29, 0.717) is 13.0 Å². The Hall–Kier alpha value is -0.690. The average molecular weight is 286 g/mol. The van der Waals surface area contributed by atoms with Crippen molar-refractivity contribution >= 4 is 5.91 Å². The number of carbonyl (C=O) groups is 1. The minimum Gasteiger partial charge on any atom is -0.395 e. The molecular formula is C14H26N2O4. The maximum atomic E-state index is 11.3. The first-order valence-corrected chi connectivity index (χ1v) is 7.71. The predicted octanol–water partition coefficient (Wildman–Crippen LogP) is 0.846. The molecule has 2 fully saturated rings. The summed E-state index contributed by atoms with van der Waals surface area (Å²) in [6.07, 6.45) is 8.70. The lowest BCUT2D eigenvalue weighted by atomic mass is 10.0. The summed E-state index contributed by atoms with van der Waals surface area (Å²) >= 11 is 0. The Labute approximate surface area is 120 Å². The van der Waals surface area contributed by atoms with Gasteiger partial charge >= 0.3 is 0 Å². The van der Waals surface area contributed by atoms with Crippen molar-refractivity contribution in [1.82, 2.24) is 10.8 Å². The Kier molecular flexibility index (Phi) is 6.22. The lowest BCUT2D eigenvalue weighted by Crippen LogP contribution is -2.58. The predicted molar refractivity (Wildman–Crippen MR) is 73.7 cm³/mol. The van der Waals surface area contributed by atoms with Gasteiger partial charge in [0.2, 0.25) is 5.91 Å². The van der Waals surface area contributed by atoms with Gasteiger partial charge in [-0.3, -0.25) is 9.63 Å². The van der Waals surface area contributed by atoms with E-state index in [1.165, 1.54) is 25.7 Å². The van der Waals surface area contributed by atoms with Crippen LogP contribution in [0.5, 0.6) is 0 Å². The number of hydroxylamine groups is 1. The summed E-state index contributed by atoms with van der Waals surface area (Å²) in [6.45, 7) is 1.16. The van der Waals surface area contributed by atoms with Gasteiger partial charge in [-0.2, -0.15) is 5.48 Å². The van der Waals surface area contributed by atoms with Crippen molar-refractivity contribution in [2.45, 2.75) is 63.2 Å². The highest BCUT2D eigenvalue weighted by atomic mass is 16.8. The second-order valence-corrected chi connectivity index (χ2v) is 5.62. The summed E-state index contributed by atoms with van der Waals surface area (Å²) in [4.78, 5) is 16.5. The van der Waals surface area contributed by atoms with Crippen LogP contribution >= 0.6 is 0 Å². The first-order valence-electron chi connectivity index (χ1n) is 7.71. The Balaban J connectivity index is 1.33. The van der Waals surface area contributed by atoms with Gasteiger partial charge < -0.3 is 15.2 Å². The van der Waals surface area contributed by atoms with Gasteiger partial charge in [0.1, 0.15) is 6.10 Å². The number of nitrogens with one attached hydrogen (secondary N) is 2. The molecule has 20 heavy (non-hydrogen) atoms. The van der Waals surface area contributed by atoms with Gasteiger partial charge in [-0.1, -0.05) is 32.1 Å². The Morgan fingerprint density at radius 3 is 2.55 bits per heavy atom. The van der Waals surface area contributed by atoms with Crippen LogP contribution in [0.2, 0.25) is 0 Å². The minimum atomic E-state index is -0.109. The largest absolute Gasteiger partial charge is 0.395 e. The normalized spacial score (nSPS) is 27.4. The molecule has 0 aromatic rings. The van der Waals surface area contributed by atoms with Crippen LogP contribution in [0.15, 0.2) is 0 Å². The van der Waals surface area contributed by atoms with E-state index in [1.54, 1.807) is 0 Å². The molecule has 6 heteroatoms. The lowest BCUT2D eigenvalue weighted by Gasteiger charge is -2.34. The molecule has 0 bridgehead atoms. The standard InChI is InChI=1S/C14H26N2O4/c17-10-9-15-13(18)8-6-4-2-1-3-5-7-12-14(11-19-14)16-20-12/h12,16-17H,1-11H2,(H,15,18). The first-order chi connectivity index (χ1) is 9.77. The average Bonchev–Trinajstić information content (AvgIpc) is 3.24. The summed E-state index contributed by atoms with van der Waals surface area (Å²) in [5.41, 5.74) is 2.75. The number of epoxide rings is 1. The summed E-state index contributed by atoms with van der Waals surface area (Å²) in [6, 6.07) is 0. The van der Waals surface area contributed by atoms with Crippen molar-refractivity contribution < 1.29 is 19.5 Å². The first kappa shape index (κ1) is 15.7. The van der Waals surface area contributed by atoms with E-state index in [0.717, 1.165) is 25.9 Å². The molecule has 2 saturated heterocycles. The molecule has 0 saturated carbocycles. The van der Waals surface area contributed by atoms with E-state index in [4.69, 9.17) is 14.7 Å². The second-order valence-electron chi connectivity index (χ2n) is 5.62. The van der Waals surface area contributed by atoms with Crippen molar-refractivity contribution in [3.05, 3.63) is 0 Å². The number of unbranched alkanes of at least 4 members (excludes halogenated alkanes) is 5. The van der Waals surface area contributed by atoms with Gasteiger partial charge in [0, 0.05) is 13.0 Å². The van der Waals surface area contributed by atoms with Crippen LogP contribution in [0.4, 0.5) is 0 Å². The third-order valence-electron chi connectivity index (χ3n) is 3.90. The minimum absolute atomic E-state index is 0.0122. The molecule has 2 aliphatic rings. The summed E-state index contributed by atoms with van der Waals surface area (Å²) in [5, 5.41) is 11.2. The quantitative estimate of drug-likeness (QED) is 0.387. The number of carbonyl (C=O) groups excluding carboxylic acids is 1. The van der Waals surface area contributed by atoms with Crippen molar-refractivity contribution in [2.24, 2.45) is 0 Å². The number of aliphatic hydroxyl groups is 1. The van der Waals surface area contributed by atoms with Crippen LogP contribution in [0.1, 0.15) is 51.4 Å². The molecule has 2 atom stereocenters. The Morgan fingerprint density at radius 2 is 1.95 bits per heavy atom. The van der Waals surface area contributed by atoms with E-state index < -0.39 is 0 Å². The molecule has 3 N–H and O–H groups in total. The van der Waals surface area contributed by atoms with Gasteiger partial charge in [0.05, 0.1) is 13.2 Å². The molecule has 1 amide bonds. The Morgan fingerprint density at radius 1 is 1.25 bits per heavy atom. The summed E-state index contributed by atoms with van der Waals surface area (Å²) < 4.78 is 5.32. The van der Waals surface area contributed by atoms with Gasteiger partial charge in [0.15, 0.2) is 5.72 Å². The highest BCUT2D eigenvalue weighted by molar-refractivity contribution is 5.75. The second kappa shape index (κ2) is 7.93. The molecule has 0 aromatic carbocycles. The molecule has 1 spiro atoms. The molecule has 0 aromatic heterocycles. The number of hydrogen-bond acceptors (Lipinski definition) is 5. The molecule has 2 unspecified atom stereocenters. The van der Waals surface area contributed by atoms with E-state index >= 15 is 0 Å². The maximum Gasteiger partial charge on any atom is 0.220 e. The lowest BCUT2D eigenvalue weighted by molar-refractivity contribution is -0.221. The zero-order valence-electron chi connectivity index (χ0n) is 12.0. The molecule has 0 radical (unpaired) electrons. The van der Waals surface area contributed by atoms with Gasteiger partial charge in [-0.05, 0) is 12.8 Å². The third-order valence-corrected chi connectivity index (χ3v) is 3.90. The fourth-order valence-corrected chi connectivity index (χ4v) is 2.49. The van der Waals surface area contributed by atoms with Crippen molar-refractivity contribution in [3.8, 4) is 0 Å². The van der Waals surface area contributed by atoms with Gasteiger partial charge in [-0.15, -0.1) is 0 Å². The smallest absolute Gasteiger partial charge is 0.220 e. The van der Waals surface area contributed by atoms with Crippen molar-refractivity contribution in [2.75, 3.05) is 19.8 Å². The molecule has 2 aliphatic heterocycles. The number of rotatable bonds is 11.